The van der Waals surface area contributed by atoms with Crippen molar-refractivity contribution in [1.82, 2.24) is 4.90 Å². The Morgan fingerprint density at radius 1 is 1.00 bits per heavy atom. The van der Waals surface area contributed by atoms with Crippen LogP contribution in [0, 0.1) is 5.82 Å². The van der Waals surface area contributed by atoms with Gasteiger partial charge in [0.05, 0.1) is 31.2 Å². The Bertz CT molecular complexity index is 1630. The van der Waals surface area contributed by atoms with Crippen molar-refractivity contribution in [2.45, 2.75) is 12.5 Å². The average Bonchev–Trinajstić information content (AvgIpc) is 3.22. The normalized spacial score (nSPS) is 14.4. The fourth-order valence-electron chi connectivity index (χ4n) is 4.76. The number of carbonyl (C=O) groups is 2. The second kappa shape index (κ2) is 10.5. The molecule has 39 heavy (non-hydrogen) atoms. The lowest BCUT2D eigenvalue weighted by atomic mass is 9.98. The van der Waals surface area contributed by atoms with E-state index in [2.05, 4.69) is 0 Å². The molecule has 9 nitrogen and oxygen atoms in total. The molecule has 1 aliphatic heterocycles. The van der Waals surface area contributed by atoms with Crippen molar-refractivity contribution < 1.29 is 32.6 Å². The first kappa shape index (κ1) is 25.8. The van der Waals surface area contributed by atoms with Crippen LogP contribution in [0.2, 0.25) is 0 Å². The maximum Gasteiger partial charge on any atom is 0.290 e. The molecule has 200 valence electrons. The van der Waals surface area contributed by atoms with Crippen LogP contribution < -0.4 is 25.4 Å². The van der Waals surface area contributed by atoms with Crippen molar-refractivity contribution >= 4 is 22.8 Å². The SMILES string of the molecule is COc1ccc(CCN2C(=O)c3oc4ccc(F)cc4c(=O)c3C2c2ccc(OCC(N)=O)cc2)cc1OC. The summed E-state index contributed by atoms with van der Waals surface area (Å²) in [6.07, 6.45) is 0.443. The number of carbonyl (C=O) groups excluding carboxylic acids is 2. The predicted octanol–water partition coefficient (Wildman–Crippen LogP) is 3.60. The summed E-state index contributed by atoms with van der Waals surface area (Å²) >= 11 is 0. The monoisotopic (exact) mass is 532 g/mol. The fraction of sp³-hybridized carbons (Fsp3) is 0.207. The molecule has 0 aliphatic carbocycles. The second-order valence-corrected chi connectivity index (χ2v) is 8.98. The van der Waals surface area contributed by atoms with Gasteiger partial charge in [0, 0.05) is 6.54 Å². The molecule has 10 heteroatoms. The number of nitrogens with two attached hydrogens (primary N) is 1. The predicted molar refractivity (Wildman–Crippen MR) is 140 cm³/mol. The zero-order chi connectivity index (χ0) is 27.7. The van der Waals surface area contributed by atoms with Crippen molar-refractivity contribution in [2.75, 3.05) is 27.4 Å². The Morgan fingerprint density at radius 2 is 1.74 bits per heavy atom. The minimum atomic E-state index is -0.790. The lowest BCUT2D eigenvalue weighted by Crippen LogP contribution is -2.31. The van der Waals surface area contributed by atoms with Gasteiger partial charge in [0.2, 0.25) is 5.76 Å². The van der Waals surface area contributed by atoms with Gasteiger partial charge in [-0.1, -0.05) is 18.2 Å². The zero-order valence-corrected chi connectivity index (χ0v) is 21.2. The van der Waals surface area contributed by atoms with Crippen molar-refractivity contribution in [3.05, 3.63) is 99.2 Å². The van der Waals surface area contributed by atoms with E-state index in [4.69, 9.17) is 24.4 Å². The van der Waals surface area contributed by atoms with E-state index in [1.807, 2.05) is 12.1 Å². The highest BCUT2D eigenvalue weighted by molar-refractivity contribution is 5.99. The van der Waals surface area contributed by atoms with Gasteiger partial charge >= 0.3 is 0 Å². The zero-order valence-electron chi connectivity index (χ0n) is 21.2. The number of fused-ring (bicyclic) bond motifs is 2. The van der Waals surface area contributed by atoms with Gasteiger partial charge in [0.1, 0.15) is 17.1 Å². The van der Waals surface area contributed by atoms with Gasteiger partial charge < -0.3 is 29.3 Å². The quantitative estimate of drug-likeness (QED) is 0.350. The number of hydrogen-bond acceptors (Lipinski definition) is 7. The van der Waals surface area contributed by atoms with Crippen molar-refractivity contribution in [2.24, 2.45) is 5.73 Å². The van der Waals surface area contributed by atoms with Gasteiger partial charge in [-0.15, -0.1) is 0 Å². The molecule has 1 atom stereocenters. The van der Waals surface area contributed by atoms with E-state index in [1.54, 1.807) is 49.5 Å². The van der Waals surface area contributed by atoms with Crippen LogP contribution in [0.15, 0.2) is 69.9 Å². The van der Waals surface area contributed by atoms with Crippen LogP contribution in [0.5, 0.6) is 17.2 Å². The molecule has 0 fully saturated rings. The van der Waals surface area contributed by atoms with Gasteiger partial charge in [-0.3, -0.25) is 14.4 Å². The third-order valence-corrected chi connectivity index (χ3v) is 6.59. The summed E-state index contributed by atoms with van der Waals surface area (Å²) in [5.74, 6) is -0.204. The van der Waals surface area contributed by atoms with Crippen molar-refractivity contribution in [1.29, 1.82) is 0 Å². The third-order valence-electron chi connectivity index (χ3n) is 6.59. The smallest absolute Gasteiger partial charge is 0.290 e. The summed E-state index contributed by atoms with van der Waals surface area (Å²) in [7, 11) is 3.09. The van der Waals surface area contributed by atoms with E-state index in [0.29, 0.717) is 29.2 Å². The topological polar surface area (TPSA) is 121 Å². The van der Waals surface area contributed by atoms with Gasteiger partial charge in [-0.2, -0.15) is 0 Å². The molecular weight excluding hydrogens is 507 g/mol. The number of halogens is 1. The molecule has 2 heterocycles. The molecule has 1 aromatic heterocycles. The second-order valence-electron chi connectivity index (χ2n) is 8.98. The Balaban J connectivity index is 1.55. The van der Waals surface area contributed by atoms with Crippen LogP contribution in [-0.2, 0) is 11.2 Å². The van der Waals surface area contributed by atoms with E-state index < -0.39 is 29.1 Å². The summed E-state index contributed by atoms with van der Waals surface area (Å²) < 4.78 is 35.9. The number of hydrogen-bond donors (Lipinski definition) is 1. The number of ether oxygens (including phenoxy) is 3. The minimum absolute atomic E-state index is 0.0507. The molecule has 2 N–H and O–H groups in total. The van der Waals surface area contributed by atoms with Crippen LogP contribution in [0.1, 0.15) is 33.3 Å². The summed E-state index contributed by atoms with van der Waals surface area (Å²) in [5.41, 5.74) is 6.44. The molecule has 0 saturated carbocycles. The number of primary amides is 1. The molecule has 0 saturated heterocycles. The standard InChI is InChI=1S/C29H25FN2O7/c1-36-22-9-3-16(13-23(22)37-2)11-12-32-26(17-4-7-19(8-5-17)38-15-24(31)33)25-27(34)20-14-18(30)6-10-21(20)39-28(25)29(32)35/h3-10,13-14,26H,11-12,15H2,1-2H3,(H2,31,33). The molecule has 4 aromatic rings. The molecule has 3 aromatic carbocycles. The number of methoxy groups -OCH3 is 2. The first-order valence-corrected chi connectivity index (χ1v) is 12.1. The number of amides is 2. The number of benzene rings is 3. The van der Waals surface area contributed by atoms with Crippen LogP contribution >= 0.6 is 0 Å². The van der Waals surface area contributed by atoms with Crippen molar-refractivity contribution in [3.63, 3.8) is 0 Å². The summed E-state index contributed by atoms with van der Waals surface area (Å²) in [6.45, 7) is -0.0457. The van der Waals surface area contributed by atoms with Gasteiger partial charge in [0.15, 0.2) is 23.5 Å². The molecule has 1 aliphatic rings. The maximum absolute atomic E-state index is 14.0. The highest BCUT2D eigenvalue weighted by atomic mass is 19.1. The lowest BCUT2D eigenvalue weighted by molar-refractivity contribution is -0.119. The average molecular weight is 533 g/mol. The molecule has 1 unspecified atom stereocenters. The van der Waals surface area contributed by atoms with Crippen molar-refractivity contribution in [3.8, 4) is 17.2 Å². The number of rotatable bonds is 9. The van der Waals surface area contributed by atoms with E-state index in [9.17, 15) is 18.8 Å². The van der Waals surface area contributed by atoms with Gasteiger partial charge in [-0.05, 0) is 60.0 Å². The largest absolute Gasteiger partial charge is 0.493 e. The fourth-order valence-corrected chi connectivity index (χ4v) is 4.76. The maximum atomic E-state index is 14.0. The Labute approximate surface area is 222 Å². The van der Waals surface area contributed by atoms with Crippen LogP contribution in [0.4, 0.5) is 4.39 Å². The Hall–Kier alpha value is -4.86. The molecule has 0 spiro atoms. The van der Waals surface area contributed by atoms with E-state index in [1.165, 1.54) is 12.1 Å². The minimum Gasteiger partial charge on any atom is -0.493 e. The Kier molecular flexibility index (Phi) is 6.93. The first-order chi connectivity index (χ1) is 18.8. The van der Waals surface area contributed by atoms with Gasteiger partial charge in [-0.25, -0.2) is 4.39 Å². The van der Waals surface area contributed by atoms with Crippen LogP contribution in [0.3, 0.4) is 0 Å². The van der Waals surface area contributed by atoms with Crippen LogP contribution in [-0.4, -0.2) is 44.1 Å². The molecule has 0 bridgehead atoms. The highest BCUT2D eigenvalue weighted by Crippen LogP contribution is 2.39. The molecule has 5 rings (SSSR count). The van der Waals surface area contributed by atoms with E-state index in [0.717, 1.165) is 11.6 Å². The lowest BCUT2D eigenvalue weighted by Gasteiger charge is -2.25. The summed E-state index contributed by atoms with van der Waals surface area (Å²) in [6, 6.07) is 14.9. The van der Waals surface area contributed by atoms with Crippen LogP contribution in [0.25, 0.3) is 11.0 Å². The summed E-state index contributed by atoms with van der Waals surface area (Å²) in [4.78, 5) is 39.9. The highest BCUT2D eigenvalue weighted by Gasteiger charge is 2.42. The van der Waals surface area contributed by atoms with E-state index >= 15 is 0 Å². The molecule has 0 radical (unpaired) electrons. The molecule has 2 amide bonds. The molecular formula is C29H25FN2O7. The van der Waals surface area contributed by atoms with E-state index in [-0.39, 0.29) is 35.4 Å². The van der Waals surface area contributed by atoms with Gasteiger partial charge in [0.25, 0.3) is 11.8 Å². The first-order valence-electron chi connectivity index (χ1n) is 12.1. The Morgan fingerprint density at radius 3 is 2.44 bits per heavy atom. The third kappa shape index (κ3) is 4.88. The number of nitrogens with zero attached hydrogens (tertiary/aromatic N) is 1. The summed E-state index contributed by atoms with van der Waals surface area (Å²) in [5, 5.41) is 0.0507.